The number of Topliss-reactive ketones (excluding diaryl/α,β-unsaturated/α-hetero) is 1. The van der Waals surface area contributed by atoms with E-state index in [1.165, 1.54) is 34.3 Å². The zero-order valence-electron chi connectivity index (χ0n) is 16.1. The summed E-state index contributed by atoms with van der Waals surface area (Å²) in [7, 11) is 1.70. The Kier molecular flexibility index (Phi) is 5.44. The number of carbonyl (C=O) groups is 1. The SMILES string of the molecule is COc1ccc2[nH]c3c(c2c1)CCN(CCCC(=O)c1ccc(F)cc1)CC3. The first-order chi connectivity index (χ1) is 13.6. The molecule has 0 amide bonds. The molecule has 0 radical (unpaired) electrons. The average Bonchev–Trinajstić information content (AvgIpc) is 2.94. The average molecular weight is 380 g/mol. The molecule has 1 aromatic heterocycles. The molecule has 0 bridgehead atoms. The van der Waals surface area contributed by atoms with Gasteiger partial charge in [0.05, 0.1) is 7.11 Å². The Hall–Kier alpha value is -2.66. The molecule has 0 spiro atoms. The summed E-state index contributed by atoms with van der Waals surface area (Å²) in [5.41, 5.74) is 4.46. The zero-order valence-corrected chi connectivity index (χ0v) is 16.1. The molecule has 5 heteroatoms. The monoisotopic (exact) mass is 380 g/mol. The van der Waals surface area contributed by atoms with E-state index >= 15 is 0 Å². The summed E-state index contributed by atoms with van der Waals surface area (Å²) in [5.74, 6) is 0.655. The highest BCUT2D eigenvalue weighted by molar-refractivity contribution is 5.96. The summed E-state index contributed by atoms with van der Waals surface area (Å²) in [6.07, 6.45) is 3.29. The van der Waals surface area contributed by atoms with Gasteiger partial charge in [-0.1, -0.05) is 0 Å². The Morgan fingerprint density at radius 3 is 2.71 bits per heavy atom. The van der Waals surface area contributed by atoms with E-state index in [-0.39, 0.29) is 11.6 Å². The van der Waals surface area contributed by atoms with Gasteiger partial charge in [0.1, 0.15) is 11.6 Å². The highest BCUT2D eigenvalue weighted by Gasteiger charge is 2.18. The maximum absolute atomic E-state index is 13.0. The molecule has 0 atom stereocenters. The van der Waals surface area contributed by atoms with Crippen LogP contribution >= 0.6 is 0 Å². The van der Waals surface area contributed by atoms with Crippen LogP contribution in [0.2, 0.25) is 0 Å². The maximum Gasteiger partial charge on any atom is 0.162 e. The molecule has 2 aromatic carbocycles. The second kappa shape index (κ2) is 8.15. The standard InChI is InChI=1S/C23H25FN2O2/c1-28-18-8-9-21-20(15-18)19-10-13-26(14-11-22(19)25-21)12-2-3-23(27)16-4-6-17(24)7-5-16/h4-9,15,25H,2-3,10-14H2,1H3. The second-order valence-electron chi connectivity index (χ2n) is 7.37. The molecule has 0 aliphatic carbocycles. The number of methoxy groups -OCH3 is 1. The van der Waals surface area contributed by atoms with E-state index in [9.17, 15) is 9.18 Å². The van der Waals surface area contributed by atoms with Gasteiger partial charge in [-0.05, 0) is 67.4 Å². The molecule has 1 aliphatic rings. The number of hydrogen-bond acceptors (Lipinski definition) is 3. The fraction of sp³-hybridized carbons (Fsp3) is 0.348. The lowest BCUT2D eigenvalue weighted by Gasteiger charge is -2.19. The first-order valence-electron chi connectivity index (χ1n) is 9.82. The molecule has 1 N–H and O–H groups in total. The number of halogens is 1. The van der Waals surface area contributed by atoms with Gasteiger partial charge in [-0.25, -0.2) is 4.39 Å². The van der Waals surface area contributed by atoms with Gasteiger partial charge in [-0.15, -0.1) is 0 Å². The van der Waals surface area contributed by atoms with Crippen molar-refractivity contribution in [3.05, 3.63) is 65.1 Å². The van der Waals surface area contributed by atoms with E-state index in [2.05, 4.69) is 22.0 Å². The molecule has 0 unspecified atom stereocenters. The summed E-state index contributed by atoms with van der Waals surface area (Å²) in [6, 6.07) is 12.0. The lowest BCUT2D eigenvalue weighted by molar-refractivity contribution is 0.0975. The summed E-state index contributed by atoms with van der Waals surface area (Å²) in [5, 5.41) is 1.25. The van der Waals surface area contributed by atoms with Crippen LogP contribution in [-0.4, -0.2) is 42.4 Å². The molecule has 0 saturated carbocycles. The van der Waals surface area contributed by atoms with Gasteiger partial charge in [-0.3, -0.25) is 4.79 Å². The first kappa shape index (κ1) is 18.7. The van der Waals surface area contributed by atoms with Crippen molar-refractivity contribution in [1.82, 2.24) is 9.88 Å². The molecular formula is C23H25FN2O2. The van der Waals surface area contributed by atoms with Crippen molar-refractivity contribution in [2.24, 2.45) is 0 Å². The number of benzene rings is 2. The molecular weight excluding hydrogens is 355 g/mol. The second-order valence-corrected chi connectivity index (χ2v) is 7.37. The predicted octanol–water partition coefficient (Wildman–Crippen LogP) is 4.38. The van der Waals surface area contributed by atoms with Gasteiger partial charge in [-0.2, -0.15) is 0 Å². The van der Waals surface area contributed by atoms with Crippen LogP contribution in [0.4, 0.5) is 4.39 Å². The van der Waals surface area contributed by atoms with Crippen LogP contribution in [-0.2, 0) is 12.8 Å². The van der Waals surface area contributed by atoms with Gasteiger partial charge >= 0.3 is 0 Å². The van der Waals surface area contributed by atoms with Crippen molar-refractivity contribution >= 4 is 16.7 Å². The van der Waals surface area contributed by atoms with Crippen molar-refractivity contribution in [2.45, 2.75) is 25.7 Å². The first-order valence-corrected chi connectivity index (χ1v) is 9.82. The molecule has 4 nitrogen and oxygen atoms in total. The van der Waals surface area contributed by atoms with Crippen LogP contribution in [0.15, 0.2) is 42.5 Å². The number of ketones is 1. The Bertz CT molecular complexity index is 978. The number of nitrogens with one attached hydrogen (secondary N) is 1. The van der Waals surface area contributed by atoms with Crippen molar-refractivity contribution in [1.29, 1.82) is 0 Å². The maximum atomic E-state index is 13.0. The highest BCUT2D eigenvalue weighted by Crippen LogP contribution is 2.29. The minimum atomic E-state index is -0.311. The van der Waals surface area contributed by atoms with E-state index in [0.29, 0.717) is 12.0 Å². The number of aromatic amines is 1. The van der Waals surface area contributed by atoms with Gasteiger partial charge in [0, 0.05) is 48.1 Å². The lowest BCUT2D eigenvalue weighted by Crippen LogP contribution is -2.28. The quantitative estimate of drug-likeness (QED) is 0.646. The van der Waals surface area contributed by atoms with Crippen LogP contribution in [0.25, 0.3) is 10.9 Å². The number of rotatable bonds is 6. The molecule has 1 aliphatic heterocycles. The molecule has 28 heavy (non-hydrogen) atoms. The number of nitrogens with zero attached hydrogens (tertiary/aromatic N) is 1. The largest absolute Gasteiger partial charge is 0.497 e. The summed E-state index contributed by atoms with van der Waals surface area (Å²) >= 11 is 0. The molecule has 3 aromatic rings. The number of H-pyrrole nitrogens is 1. The summed E-state index contributed by atoms with van der Waals surface area (Å²) in [4.78, 5) is 18.2. The van der Waals surface area contributed by atoms with E-state index in [4.69, 9.17) is 4.74 Å². The Morgan fingerprint density at radius 2 is 1.93 bits per heavy atom. The fourth-order valence-corrected chi connectivity index (χ4v) is 4.03. The predicted molar refractivity (Wildman–Crippen MR) is 109 cm³/mol. The van der Waals surface area contributed by atoms with Crippen LogP contribution in [0, 0.1) is 5.82 Å². The fourth-order valence-electron chi connectivity index (χ4n) is 4.03. The van der Waals surface area contributed by atoms with Gasteiger partial charge in [0.15, 0.2) is 5.78 Å². The minimum absolute atomic E-state index is 0.0816. The zero-order chi connectivity index (χ0) is 19.5. The summed E-state index contributed by atoms with van der Waals surface area (Å²) in [6.45, 7) is 2.88. The van der Waals surface area contributed by atoms with Crippen molar-refractivity contribution < 1.29 is 13.9 Å². The molecule has 146 valence electrons. The molecule has 2 heterocycles. The van der Waals surface area contributed by atoms with E-state index in [1.807, 2.05) is 6.07 Å². The van der Waals surface area contributed by atoms with Crippen molar-refractivity contribution in [2.75, 3.05) is 26.7 Å². The molecule has 0 saturated heterocycles. The number of carbonyl (C=O) groups excluding carboxylic acids is 1. The third-order valence-electron chi connectivity index (χ3n) is 5.60. The number of fused-ring (bicyclic) bond motifs is 3. The van der Waals surface area contributed by atoms with E-state index in [0.717, 1.165) is 44.6 Å². The van der Waals surface area contributed by atoms with Crippen molar-refractivity contribution in [3.63, 3.8) is 0 Å². The van der Waals surface area contributed by atoms with E-state index < -0.39 is 0 Å². The van der Waals surface area contributed by atoms with Crippen LogP contribution < -0.4 is 4.74 Å². The van der Waals surface area contributed by atoms with Crippen LogP contribution in [0.3, 0.4) is 0 Å². The number of hydrogen-bond donors (Lipinski definition) is 1. The van der Waals surface area contributed by atoms with Crippen LogP contribution in [0.5, 0.6) is 5.75 Å². The minimum Gasteiger partial charge on any atom is -0.497 e. The third kappa shape index (κ3) is 3.94. The van der Waals surface area contributed by atoms with Gasteiger partial charge < -0.3 is 14.6 Å². The van der Waals surface area contributed by atoms with Crippen LogP contribution in [0.1, 0.15) is 34.5 Å². The normalized spacial score (nSPS) is 14.6. The smallest absolute Gasteiger partial charge is 0.162 e. The van der Waals surface area contributed by atoms with E-state index in [1.54, 1.807) is 19.2 Å². The Balaban J connectivity index is 1.34. The Labute approximate surface area is 164 Å². The number of aromatic nitrogens is 1. The van der Waals surface area contributed by atoms with Gasteiger partial charge in [0.25, 0.3) is 0 Å². The van der Waals surface area contributed by atoms with Gasteiger partial charge in [0.2, 0.25) is 0 Å². The Morgan fingerprint density at radius 1 is 1.14 bits per heavy atom. The summed E-state index contributed by atoms with van der Waals surface area (Å²) < 4.78 is 18.4. The molecule has 0 fully saturated rings. The number of ether oxygens (including phenoxy) is 1. The topological polar surface area (TPSA) is 45.3 Å². The third-order valence-corrected chi connectivity index (χ3v) is 5.60. The lowest BCUT2D eigenvalue weighted by atomic mass is 10.1. The highest BCUT2D eigenvalue weighted by atomic mass is 19.1. The van der Waals surface area contributed by atoms with Crippen molar-refractivity contribution in [3.8, 4) is 5.75 Å². The molecule has 4 rings (SSSR count).